The van der Waals surface area contributed by atoms with E-state index in [9.17, 15) is 22.0 Å². The molecule has 0 aromatic heterocycles. The van der Waals surface area contributed by atoms with E-state index in [1.165, 1.54) is 6.07 Å². The van der Waals surface area contributed by atoms with Crippen molar-refractivity contribution >= 4 is 0 Å². The predicted molar refractivity (Wildman–Crippen MR) is 64.8 cm³/mol. The van der Waals surface area contributed by atoms with E-state index in [1.54, 1.807) is 0 Å². The van der Waals surface area contributed by atoms with Crippen LogP contribution in [0.1, 0.15) is 37.3 Å². The van der Waals surface area contributed by atoms with Crippen molar-refractivity contribution in [2.45, 2.75) is 37.9 Å². The average Bonchev–Trinajstić information content (AvgIpc) is 2.40. The smallest absolute Gasteiger partial charge is 0.324 e. The summed E-state index contributed by atoms with van der Waals surface area (Å²) in [4.78, 5) is 0. The molecule has 0 aliphatic heterocycles. The molecular formula is C14H16F5N. The van der Waals surface area contributed by atoms with Crippen LogP contribution in [0.3, 0.4) is 0 Å². The third-order valence-electron chi connectivity index (χ3n) is 4.01. The summed E-state index contributed by atoms with van der Waals surface area (Å²) in [6.45, 7) is 0. The third-order valence-corrected chi connectivity index (χ3v) is 4.01. The van der Waals surface area contributed by atoms with Gasteiger partial charge in [0.2, 0.25) is 0 Å². The van der Waals surface area contributed by atoms with Crippen LogP contribution in [-0.2, 0) is 0 Å². The Hall–Kier alpha value is -1.17. The summed E-state index contributed by atoms with van der Waals surface area (Å²) < 4.78 is 64.3. The monoisotopic (exact) mass is 293 g/mol. The van der Waals surface area contributed by atoms with Gasteiger partial charge >= 0.3 is 6.18 Å². The van der Waals surface area contributed by atoms with Crippen molar-refractivity contribution < 1.29 is 22.0 Å². The Bertz CT molecular complexity index is 471. The van der Waals surface area contributed by atoms with Crippen molar-refractivity contribution in [1.29, 1.82) is 0 Å². The van der Waals surface area contributed by atoms with Crippen LogP contribution in [0.15, 0.2) is 18.2 Å². The molecule has 1 saturated carbocycles. The number of rotatable bonds is 2. The standard InChI is InChI=1S/C14H16F5N/c15-11-5-4-9(7-12(11)16)13(20)8-2-1-3-10(6-8)14(17,18)19/h4-5,7-8,10,13H,1-3,6,20H2. The van der Waals surface area contributed by atoms with Crippen LogP contribution < -0.4 is 5.73 Å². The van der Waals surface area contributed by atoms with Crippen molar-refractivity contribution in [1.82, 2.24) is 0 Å². The molecule has 1 aromatic carbocycles. The van der Waals surface area contributed by atoms with Gasteiger partial charge < -0.3 is 5.73 Å². The van der Waals surface area contributed by atoms with Crippen LogP contribution >= 0.6 is 0 Å². The summed E-state index contributed by atoms with van der Waals surface area (Å²) in [5.74, 6) is -3.73. The Morgan fingerprint density at radius 2 is 1.80 bits per heavy atom. The maximum atomic E-state index is 13.2. The van der Waals surface area contributed by atoms with Crippen LogP contribution in [-0.4, -0.2) is 6.18 Å². The zero-order valence-corrected chi connectivity index (χ0v) is 10.8. The molecule has 2 rings (SSSR count). The number of benzene rings is 1. The Morgan fingerprint density at radius 1 is 1.10 bits per heavy atom. The van der Waals surface area contributed by atoms with E-state index < -0.39 is 29.8 Å². The van der Waals surface area contributed by atoms with Gasteiger partial charge in [-0.15, -0.1) is 0 Å². The number of hydrogen-bond acceptors (Lipinski definition) is 1. The summed E-state index contributed by atoms with van der Waals surface area (Å²) in [6.07, 6.45) is -3.13. The summed E-state index contributed by atoms with van der Waals surface area (Å²) in [6, 6.07) is 2.56. The second kappa shape index (κ2) is 5.68. The Kier molecular flexibility index (Phi) is 4.32. The normalized spacial score (nSPS) is 25.5. The summed E-state index contributed by atoms with van der Waals surface area (Å²) in [7, 11) is 0. The van der Waals surface area contributed by atoms with Gasteiger partial charge in [0.05, 0.1) is 5.92 Å². The molecule has 1 fully saturated rings. The van der Waals surface area contributed by atoms with Gasteiger partial charge in [-0.3, -0.25) is 0 Å². The minimum atomic E-state index is -4.22. The third kappa shape index (κ3) is 3.29. The van der Waals surface area contributed by atoms with Crippen molar-refractivity contribution in [3.05, 3.63) is 35.4 Å². The Labute approximate surface area is 114 Å². The topological polar surface area (TPSA) is 26.0 Å². The average molecular weight is 293 g/mol. The molecule has 0 radical (unpaired) electrons. The molecule has 2 N–H and O–H groups in total. The first kappa shape index (κ1) is 15.2. The maximum absolute atomic E-state index is 13.2. The second-order valence-electron chi connectivity index (χ2n) is 5.36. The molecule has 1 nitrogen and oxygen atoms in total. The first-order chi connectivity index (χ1) is 9.29. The summed E-state index contributed by atoms with van der Waals surface area (Å²) >= 11 is 0. The molecule has 3 atom stereocenters. The Balaban J connectivity index is 2.12. The highest BCUT2D eigenvalue weighted by Gasteiger charge is 2.43. The first-order valence-corrected chi connectivity index (χ1v) is 6.56. The lowest BCUT2D eigenvalue weighted by molar-refractivity contribution is -0.186. The lowest BCUT2D eigenvalue weighted by Crippen LogP contribution is -2.33. The summed E-state index contributed by atoms with van der Waals surface area (Å²) in [5.41, 5.74) is 6.28. The van der Waals surface area contributed by atoms with E-state index in [4.69, 9.17) is 5.73 Å². The molecule has 0 heterocycles. The van der Waals surface area contributed by atoms with Crippen LogP contribution in [0.25, 0.3) is 0 Å². The first-order valence-electron chi connectivity index (χ1n) is 6.56. The van der Waals surface area contributed by atoms with E-state index in [0.717, 1.165) is 12.1 Å². The van der Waals surface area contributed by atoms with Gasteiger partial charge in [-0.25, -0.2) is 8.78 Å². The van der Waals surface area contributed by atoms with Gasteiger partial charge in [0.25, 0.3) is 0 Å². The highest BCUT2D eigenvalue weighted by atomic mass is 19.4. The lowest BCUT2D eigenvalue weighted by Gasteiger charge is -2.34. The minimum Gasteiger partial charge on any atom is -0.324 e. The van der Waals surface area contributed by atoms with Gasteiger partial charge in [0, 0.05) is 6.04 Å². The molecule has 1 aliphatic carbocycles. The number of hydrogen-bond donors (Lipinski definition) is 1. The zero-order valence-electron chi connectivity index (χ0n) is 10.8. The fourth-order valence-electron chi connectivity index (χ4n) is 2.84. The highest BCUT2D eigenvalue weighted by molar-refractivity contribution is 5.21. The van der Waals surface area contributed by atoms with E-state index in [0.29, 0.717) is 18.4 Å². The fraction of sp³-hybridized carbons (Fsp3) is 0.571. The van der Waals surface area contributed by atoms with Gasteiger partial charge in [0.1, 0.15) is 0 Å². The minimum absolute atomic E-state index is 0.0519. The van der Waals surface area contributed by atoms with E-state index >= 15 is 0 Å². The second-order valence-corrected chi connectivity index (χ2v) is 5.36. The number of alkyl halides is 3. The fourth-order valence-corrected chi connectivity index (χ4v) is 2.84. The quantitative estimate of drug-likeness (QED) is 0.807. The molecule has 1 aromatic rings. The van der Waals surface area contributed by atoms with Gasteiger partial charge in [-0.2, -0.15) is 13.2 Å². The zero-order chi connectivity index (χ0) is 14.9. The van der Waals surface area contributed by atoms with E-state index in [2.05, 4.69) is 0 Å². The van der Waals surface area contributed by atoms with Crippen LogP contribution in [0.5, 0.6) is 0 Å². The predicted octanol–water partition coefficient (Wildman–Crippen LogP) is 4.33. The van der Waals surface area contributed by atoms with Crippen LogP contribution in [0.4, 0.5) is 22.0 Å². The van der Waals surface area contributed by atoms with Gasteiger partial charge in [-0.1, -0.05) is 12.5 Å². The molecule has 1 aliphatic rings. The van der Waals surface area contributed by atoms with E-state index in [1.807, 2.05) is 0 Å². The molecule has 0 spiro atoms. The lowest BCUT2D eigenvalue weighted by atomic mass is 9.76. The largest absolute Gasteiger partial charge is 0.391 e. The van der Waals surface area contributed by atoms with Crippen LogP contribution in [0, 0.1) is 23.5 Å². The highest BCUT2D eigenvalue weighted by Crippen LogP contribution is 2.43. The van der Waals surface area contributed by atoms with Crippen molar-refractivity contribution in [2.24, 2.45) is 17.6 Å². The molecular weight excluding hydrogens is 277 g/mol. The molecule has 0 amide bonds. The van der Waals surface area contributed by atoms with Crippen molar-refractivity contribution in [2.75, 3.05) is 0 Å². The molecule has 20 heavy (non-hydrogen) atoms. The van der Waals surface area contributed by atoms with E-state index in [-0.39, 0.29) is 18.8 Å². The molecule has 112 valence electrons. The van der Waals surface area contributed by atoms with Gasteiger partial charge in [-0.05, 0) is 42.9 Å². The maximum Gasteiger partial charge on any atom is 0.391 e. The van der Waals surface area contributed by atoms with Crippen molar-refractivity contribution in [3.63, 3.8) is 0 Å². The Morgan fingerprint density at radius 3 is 2.40 bits per heavy atom. The van der Waals surface area contributed by atoms with Crippen LogP contribution in [0.2, 0.25) is 0 Å². The molecule has 6 heteroatoms. The molecule has 0 bridgehead atoms. The molecule has 3 unspecified atom stereocenters. The summed E-state index contributed by atoms with van der Waals surface area (Å²) in [5, 5.41) is 0. The number of halogens is 5. The van der Waals surface area contributed by atoms with Crippen molar-refractivity contribution in [3.8, 4) is 0 Å². The number of nitrogens with two attached hydrogens (primary N) is 1. The molecule has 0 saturated heterocycles. The van der Waals surface area contributed by atoms with Gasteiger partial charge in [0.15, 0.2) is 11.6 Å². The SMILES string of the molecule is NC(c1ccc(F)c(F)c1)C1CCCC(C(F)(F)F)C1.